The highest BCUT2D eigenvalue weighted by molar-refractivity contribution is 5.83. The van der Waals surface area contributed by atoms with Crippen molar-refractivity contribution in [2.24, 2.45) is 5.41 Å². The van der Waals surface area contributed by atoms with E-state index in [-0.39, 0.29) is 11.3 Å². The molecule has 0 unspecified atom stereocenters. The van der Waals surface area contributed by atoms with Gasteiger partial charge in [0.15, 0.2) is 0 Å². The summed E-state index contributed by atoms with van der Waals surface area (Å²) < 4.78 is 10.8. The van der Waals surface area contributed by atoms with Crippen molar-refractivity contribution in [1.82, 2.24) is 10.2 Å². The molecule has 116 valence electrons. The number of ether oxygens (including phenoxy) is 1. The lowest BCUT2D eigenvalue weighted by molar-refractivity contribution is -0.149. The highest BCUT2D eigenvalue weighted by Crippen LogP contribution is 2.37. The van der Waals surface area contributed by atoms with Crippen LogP contribution in [0.1, 0.15) is 31.4 Å². The second-order valence-corrected chi connectivity index (χ2v) is 6.21. The molecule has 2 heterocycles. The highest BCUT2D eigenvalue weighted by Gasteiger charge is 2.46. The number of furan rings is 1. The quantitative estimate of drug-likeness (QED) is 0.868. The van der Waals surface area contributed by atoms with Gasteiger partial charge in [-0.2, -0.15) is 0 Å². The van der Waals surface area contributed by atoms with Crippen molar-refractivity contribution in [3.05, 3.63) is 24.2 Å². The smallest absolute Gasteiger partial charge is 0.231 e. The molecular weight excluding hydrogens is 268 g/mol. The summed E-state index contributed by atoms with van der Waals surface area (Å²) in [5, 5.41) is 3.34. The third kappa shape index (κ3) is 3.14. The van der Waals surface area contributed by atoms with Gasteiger partial charge in [0.1, 0.15) is 5.76 Å². The van der Waals surface area contributed by atoms with Crippen LogP contribution in [0.25, 0.3) is 0 Å². The average molecular weight is 292 g/mol. The second kappa shape index (κ2) is 6.20. The lowest BCUT2D eigenvalue weighted by atomic mass is 9.78. The molecule has 21 heavy (non-hydrogen) atoms. The van der Waals surface area contributed by atoms with Crippen molar-refractivity contribution in [3.63, 3.8) is 0 Å². The summed E-state index contributed by atoms with van der Waals surface area (Å²) in [5.41, 5.74) is -0.366. The van der Waals surface area contributed by atoms with Gasteiger partial charge in [0.2, 0.25) is 5.91 Å². The zero-order chi connectivity index (χ0) is 14.7. The Bertz CT molecular complexity index is 456. The first-order valence-corrected chi connectivity index (χ1v) is 7.78. The van der Waals surface area contributed by atoms with E-state index in [1.807, 2.05) is 17.0 Å². The van der Waals surface area contributed by atoms with E-state index < -0.39 is 0 Å². The fourth-order valence-electron chi connectivity index (χ4n) is 3.23. The van der Waals surface area contributed by atoms with Gasteiger partial charge in [0.25, 0.3) is 0 Å². The van der Waals surface area contributed by atoms with E-state index >= 15 is 0 Å². The van der Waals surface area contributed by atoms with Gasteiger partial charge in [-0.1, -0.05) is 0 Å². The summed E-state index contributed by atoms with van der Waals surface area (Å²) in [6, 6.07) is 4.19. The van der Waals surface area contributed by atoms with Crippen molar-refractivity contribution in [1.29, 1.82) is 0 Å². The Morgan fingerprint density at radius 2 is 2.24 bits per heavy atom. The normalized spacial score (nSPS) is 21.2. The SMILES string of the molecule is COCC1(C(=O)N(Cc2ccco2)C2CC2)CCNCC1. The van der Waals surface area contributed by atoms with Gasteiger partial charge in [-0.25, -0.2) is 0 Å². The molecule has 0 radical (unpaired) electrons. The maximum absolute atomic E-state index is 13.2. The van der Waals surface area contributed by atoms with E-state index in [0.29, 0.717) is 19.2 Å². The molecule has 1 amide bonds. The van der Waals surface area contributed by atoms with Gasteiger partial charge in [0, 0.05) is 13.2 Å². The molecule has 1 aliphatic carbocycles. The molecule has 1 saturated carbocycles. The number of nitrogens with zero attached hydrogens (tertiary/aromatic N) is 1. The van der Waals surface area contributed by atoms with E-state index in [1.54, 1.807) is 13.4 Å². The summed E-state index contributed by atoms with van der Waals surface area (Å²) >= 11 is 0. The van der Waals surface area contributed by atoms with Crippen LogP contribution in [0.4, 0.5) is 0 Å². The fraction of sp³-hybridized carbons (Fsp3) is 0.688. The third-order valence-electron chi connectivity index (χ3n) is 4.59. The van der Waals surface area contributed by atoms with Crippen LogP contribution in [0, 0.1) is 5.41 Å². The zero-order valence-corrected chi connectivity index (χ0v) is 12.6. The Morgan fingerprint density at radius 3 is 2.81 bits per heavy atom. The van der Waals surface area contributed by atoms with Crippen molar-refractivity contribution >= 4 is 5.91 Å². The number of amides is 1. The number of hydrogen-bond donors (Lipinski definition) is 1. The van der Waals surface area contributed by atoms with E-state index in [0.717, 1.165) is 44.5 Å². The lowest BCUT2D eigenvalue weighted by Gasteiger charge is -2.39. The summed E-state index contributed by atoms with van der Waals surface area (Å²) in [6.45, 7) is 2.85. The highest BCUT2D eigenvalue weighted by atomic mass is 16.5. The molecule has 0 spiro atoms. The van der Waals surface area contributed by atoms with Gasteiger partial charge in [0.05, 0.1) is 24.8 Å². The monoisotopic (exact) mass is 292 g/mol. The first kappa shape index (κ1) is 14.6. The van der Waals surface area contributed by atoms with Gasteiger partial charge in [-0.05, 0) is 50.9 Å². The van der Waals surface area contributed by atoms with Crippen molar-refractivity contribution < 1.29 is 13.9 Å². The number of rotatable bonds is 6. The van der Waals surface area contributed by atoms with Gasteiger partial charge < -0.3 is 19.4 Å². The number of carbonyl (C=O) groups is 1. The first-order chi connectivity index (χ1) is 10.2. The second-order valence-electron chi connectivity index (χ2n) is 6.21. The van der Waals surface area contributed by atoms with E-state index in [2.05, 4.69) is 5.32 Å². The maximum atomic E-state index is 13.2. The number of piperidine rings is 1. The predicted octanol–water partition coefficient (Wildman–Crippen LogP) is 1.79. The molecule has 0 bridgehead atoms. The molecule has 0 atom stereocenters. The van der Waals surface area contributed by atoms with Crippen molar-refractivity contribution in [2.45, 2.75) is 38.3 Å². The van der Waals surface area contributed by atoms with Crippen LogP contribution in [0.2, 0.25) is 0 Å². The molecule has 2 aliphatic rings. The van der Waals surface area contributed by atoms with Crippen LogP contribution in [0.15, 0.2) is 22.8 Å². The van der Waals surface area contributed by atoms with Crippen LogP contribution in [-0.2, 0) is 16.1 Å². The Labute approximate surface area is 125 Å². The summed E-state index contributed by atoms with van der Waals surface area (Å²) in [5.74, 6) is 1.10. The molecule has 1 aliphatic heterocycles. The number of carbonyl (C=O) groups excluding carboxylic acids is 1. The average Bonchev–Trinajstić information content (AvgIpc) is 3.22. The molecule has 1 aromatic rings. The summed E-state index contributed by atoms with van der Waals surface area (Å²) in [4.78, 5) is 15.2. The van der Waals surface area contributed by atoms with Crippen LogP contribution in [0.5, 0.6) is 0 Å². The minimum Gasteiger partial charge on any atom is -0.467 e. The minimum atomic E-state index is -0.366. The summed E-state index contributed by atoms with van der Waals surface area (Å²) in [6.07, 6.45) is 5.57. The van der Waals surface area contributed by atoms with Crippen LogP contribution >= 0.6 is 0 Å². The Kier molecular flexibility index (Phi) is 4.31. The number of hydrogen-bond acceptors (Lipinski definition) is 4. The lowest BCUT2D eigenvalue weighted by Crippen LogP contribution is -2.52. The molecule has 1 aromatic heterocycles. The zero-order valence-electron chi connectivity index (χ0n) is 12.6. The molecular formula is C16H24N2O3. The van der Waals surface area contributed by atoms with E-state index in [4.69, 9.17) is 9.15 Å². The van der Waals surface area contributed by atoms with Gasteiger partial charge in [-0.3, -0.25) is 4.79 Å². The largest absolute Gasteiger partial charge is 0.467 e. The molecule has 1 saturated heterocycles. The molecule has 1 N–H and O–H groups in total. The van der Waals surface area contributed by atoms with E-state index in [1.165, 1.54) is 0 Å². The van der Waals surface area contributed by atoms with Crippen LogP contribution < -0.4 is 5.32 Å². The first-order valence-electron chi connectivity index (χ1n) is 7.78. The Hall–Kier alpha value is -1.33. The van der Waals surface area contributed by atoms with Crippen LogP contribution in [-0.4, -0.2) is 43.7 Å². The van der Waals surface area contributed by atoms with Gasteiger partial charge >= 0.3 is 0 Å². The molecule has 3 rings (SSSR count). The predicted molar refractivity (Wildman–Crippen MR) is 78.7 cm³/mol. The molecule has 5 heteroatoms. The minimum absolute atomic E-state index is 0.241. The number of methoxy groups -OCH3 is 1. The van der Waals surface area contributed by atoms with Crippen molar-refractivity contribution in [2.75, 3.05) is 26.8 Å². The Morgan fingerprint density at radius 1 is 1.48 bits per heavy atom. The Balaban J connectivity index is 1.78. The number of nitrogens with one attached hydrogen (secondary N) is 1. The standard InChI is InChI=1S/C16H24N2O3/c1-20-12-16(6-8-17-9-7-16)15(19)18(13-4-5-13)11-14-3-2-10-21-14/h2-3,10,13,17H,4-9,11-12H2,1H3. The third-order valence-corrected chi connectivity index (χ3v) is 4.59. The maximum Gasteiger partial charge on any atom is 0.231 e. The molecule has 5 nitrogen and oxygen atoms in total. The topological polar surface area (TPSA) is 54.7 Å². The van der Waals surface area contributed by atoms with Gasteiger partial charge in [-0.15, -0.1) is 0 Å². The van der Waals surface area contributed by atoms with Crippen molar-refractivity contribution in [3.8, 4) is 0 Å². The van der Waals surface area contributed by atoms with E-state index in [9.17, 15) is 4.79 Å². The fourth-order valence-corrected chi connectivity index (χ4v) is 3.23. The van der Waals surface area contributed by atoms with Crippen LogP contribution in [0.3, 0.4) is 0 Å². The summed E-state index contributed by atoms with van der Waals surface area (Å²) in [7, 11) is 1.69. The molecule has 2 fully saturated rings. The molecule has 0 aromatic carbocycles.